The van der Waals surface area contributed by atoms with E-state index in [0.29, 0.717) is 18.8 Å². The first-order valence-corrected chi connectivity index (χ1v) is 7.56. The minimum absolute atomic E-state index is 0.0679. The fourth-order valence-electron chi connectivity index (χ4n) is 2.09. The van der Waals surface area contributed by atoms with Crippen LogP contribution in [0.25, 0.3) is 0 Å². The molecule has 0 bridgehead atoms. The quantitative estimate of drug-likeness (QED) is 0.743. The molecule has 0 aliphatic rings. The molecule has 0 spiro atoms. The molecular weight excluding hydrogens is 335 g/mol. The van der Waals surface area contributed by atoms with Crippen LogP contribution < -0.4 is 10.6 Å². The number of carbonyl (C=O) groups is 1. The summed E-state index contributed by atoms with van der Waals surface area (Å²) in [5, 5.41) is 5.54. The molecule has 1 aromatic heterocycles. The number of aromatic nitrogens is 1. The Balaban J connectivity index is 2.03. The summed E-state index contributed by atoms with van der Waals surface area (Å²) >= 11 is 0. The Morgan fingerprint density at radius 1 is 1.20 bits per heavy atom. The number of ether oxygens (including phenoxy) is 1. The van der Waals surface area contributed by atoms with Gasteiger partial charge in [0.2, 0.25) is 0 Å². The predicted molar refractivity (Wildman–Crippen MR) is 88.6 cm³/mol. The highest BCUT2D eigenvalue weighted by Gasteiger charge is 2.30. The predicted octanol–water partition coefficient (Wildman–Crippen LogP) is 3.80. The van der Waals surface area contributed by atoms with Crippen LogP contribution in [0.5, 0.6) is 0 Å². The van der Waals surface area contributed by atoms with Gasteiger partial charge in [-0.2, -0.15) is 13.2 Å². The number of halogens is 3. The van der Waals surface area contributed by atoms with Gasteiger partial charge in [-0.15, -0.1) is 0 Å². The topological polar surface area (TPSA) is 63.2 Å². The van der Waals surface area contributed by atoms with Gasteiger partial charge in [0.05, 0.1) is 16.8 Å². The lowest BCUT2D eigenvalue weighted by molar-refractivity contribution is -0.137. The molecule has 2 N–H and O–H groups in total. The molecule has 1 aromatic carbocycles. The van der Waals surface area contributed by atoms with Gasteiger partial charge in [0.1, 0.15) is 0 Å². The van der Waals surface area contributed by atoms with Crippen molar-refractivity contribution in [1.82, 2.24) is 4.98 Å². The summed E-state index contributed by atoms with van der Waals surface area (Å²) in [6.07, 6.45) is -0.761. The Kier molecular flexibility index (Phi) is 6.35. The third-order valence-corrected chi connectivity index (χ3v) is 3.30. The standard InChI is InChI=1S/C17H18F3N3O2/c1-25-7-3-6-22-15-8-12(10-21-11-15)16(24)23-14-5-2-4-13(9-14)17(18,19)20/h2,4-5,8-11,22H,3,6-7H2,1H3,(H,23,24). The fourth-order valence-corrected chi connectivity index (χ4v) is 2.09. The highest BCUT2D eigenvalue weighted by atomic mass is 19.4. The first-order valence-electron chi connectivity index (χ1n) is 7.56. The lowest BCUT2D eigenvalue weighted by Crippen LogP contribution is -2.14. The Morgan fingerprint density at radius 2 is 2.00 bits per heavy atom. The number of nitrogens with one attached hydrogen (secondary N) is 2. The van der Waals surface area contributed by atoms with E-state index in [4.69, 9.17) is 4.74 Å². The number of rotatable bonds is 7. The summed E-state index contributed by atoms with van der Waals surface area (Å²) < 4.78 is 43.1. The number of amides is 1. The van der Waals surface area contributed by atoms with Crippen LogP contribution in [-0.4, -0.2) is 31.2 Å². The van der Waals surface area contributed by atoms with E-state index in [1.54, 1.807) is 19.4 Å². The van der Waals surface area contributed by atoms with Crippen molar-refractivity contribution in [3.8, 4) is 0 Å². The highest BCUT2D eigenvalue weighted by Crippen LogP contribution is 2.30. The summed E-state index contributed by atoms with van der Waals surface area (Å²) in [4.78, 5) is 16.2. The number of hydrogen-bond acceptors (Lipinski definition) is 4. The van der Waals surface area contributed by atoms with Crippen molar-refractivity contribution in [3.05, 3.63) is 53.9 Å². The number of methoxy groups -OCH3 is 1. The van der Waals surface area contributed by atoms with Crippen LogP contribution in [-0.2, 0) is 10.9 Å². The van der Waals surface area contributed by atoms with Crippen molar-refractivity contribution in [3.63, 3.8) is 0 Å². The molecule has 0 aliphatic heterocycles. The smallest absolute Gasteiger partial charge is 0.385 e. The van der Waals surface area contributed by atoms with E-state index in [1.165, 1.54) is 18.3 Å². The van der Waals surface area contributed by atoms with Gasteiger partial charge in [-0.05, 0) is 30.7 Å². The highest BCUT2D eigenvalue weighted by molar-refractivity contribution is 6.04. The molecule has 2 aromatic rings. The van der Waals surface area contributed by atoms with Gasteiger partial charge in [0.15, 0.2) is 0 Å². The fraction of sp³-hybridized carbons (Fsp3) is 0.294. The summed E-state index contributed by atoms with van der Waals surface area (Å²) in [5.74, 6) is -0.535. The van der Waals surface area contributed by atoms with E-state index < -0.39 is 17.6 Å². The summed E-state index contributed by atoms with van der Waals surface area (Å²) in [6, 6.07) is 6.06. The van der Waals surface area contributed by atoms with Crippen molar-refractivity contribution in [2.24, 2.45) is 0 Å². The van der Waals surface area contributed by atoms with E-state index in [9.17, 15) is 18.0 Å². The third-order valence-electron chi connectivity index (χ3n) is 3.30. The second-order valence-corrected chi connectivity index (χ2v) is 5.27. The van der Waals surface area contributed by atoms with Crippen LogP contribution in [0.1, 0.15) is 22.3 Å². The molecule has 0 atom stereocenters. The zero-order chi connectivity index (χ0) is 18.3. The molecule has 0 saturated heterocycles. The number of pyridine rings is 1. The number of nitrogens with zero attached hydrogens (tertiary/aromatic N) is 1. The number of hydrogen-bond donors (Lipinski definition) is 2. The maximum absolute atomic E-state index is 12.7. The molecular formula is C17H18F3N3O2. The van der Waals surface area contributed by atoms with E-state index in [-0.39, 0.29) is 11.3 Å². The van der Waals surface area contributed by atoms with Gasteiger partial charge in [-0.3, -0.25) is 9.78 Å². The van der Waals surface area contributed by atoms with Crippen molar-refractivity contribution in [2.45, 2.75) is 12.6 Å². The van der Waals surface area contributed by atoms with E-state index >= 15 is 0 Å². The molecule has 5 nitrogen and oxygen atoms in total. The van der Waals surface area contributed by atoms with E-state index in [2.05, 4.69) is 15.6 Å². The first-order chi connectivity index (χ1) is 11.9. The molecule has 8 heteroatoms. The van der Waals surface area contributed by atoms with Gasteiger partial charge in [-0.25, -0.2) is 0 Å². The van der Waals surface area contributed by atoms with Crippen LogP contribution in [0.2, 0.25) is 0 Å². The number of alkyl halides is 3. The van der Waals surface area contributed by atoms with Crippen LogP contribution in [0.15, 0.2) is 42.7 Å². The second-order valence-electron chi connectivity index (χ2n) is 5.27. The van der Waals surface area contributed by atoms with Crippen molar-refractivity contribution < 1.29 is 22.7 Å². The second kappa shape index (κ2) is 8.48. The normalized spacial score (nSPS) is 11.2. The van der Waals surface area contributed by atoms with Crippen LogP contribution in [0, 0.1) is 0 Å². The van der Waals surface area contributed by atoms with Crippen molar-refractivity contribution in [1.29, 1.82) is 0 Å². The Morgan fingerprint density at radius 3 is 2.72 bits per heavy atom. The van der Waals surface area contributed by atoms with Gasteiger partial charge in [-0.1, -0.05) is 6.07 Å². The molecule has 0 saturated carbocycles. The van der Waals surface area contributed by atoms with Gasteiger partial charge in [0.25, 0.3) is 5.91 Å². The monoisotopic (exact) mass is 353 g/mol. The van der Waals surface area contributed by atoms with Crippen LogP contribution in [0.4, 0.5) is 24.5 Å². The zero-order valence-corrected chi connectivity index (χ0v) is 13.6. The summed E-state index contributed by atoms with van der Waals surface area (Å²) in [5.41, 5.74) is 0.136. The number of anilines is 2. The largest absolute Gasteiger partial charge is 0.416 e. The molecule has 1 amide bonds. The van der Waals surface area contributed by atoms with Crippen molar-refractivity contribution in [2.75, 3.05) is 30.9 Å². The zero-order valence-electron chi connectivity index (χ0n) is 13.6. The SMILES string of the molecule is COCCCNc1cncc(C(=O)Nc2cccc(C(F)(F)F)c2)c1. The minimum atomic E-state index is -4.46. The summed E-state index contributed by atoms with van der Waals surface area (Å²) in [7, 11) is 1.61. The molecule has 0 aliphatic carbocycles. The number of benzene rings is 1. The lowest BCUT2D eigenvalue weighted by Gasteiger charge is -2.11. The maximum atomic E-state index is 12.7. The Bertz CT molecular complexity index is 720. The first kappa shape index (κ1) is 18.7. The van der Waals surface area contributed by atoms with Crippen LogP contribution in [0.3, 0.4) is 0 Å². The maximum Gasteiger partial charge on any atom is 0.416 e. The molecule has 0 radical (unpaired) electrons. The molecule has 0 unspecified atom stereocenters. The van der Waals surface area contributed by atoms with Crippen LogP contribution >= 0.6 is 0 Å². The van der Waals surface area contributed by atoms with Gasteiger partial charge >= 0.3 is 6.18 Å². The van der Waals surface area contributed by atoms with E-state index in [1.807, 2.05) is 0 Å². The molecule has 2 rings (SSSR count). The Labute approximate surface area is 143 Å². The van der Waals surface area contributed by atoms with Gasteiger partial charge in [0, 0.05) is 38.3 Å². The molecule has 134 valence electrons. The number of carbonyl (C=O) groups excluding carboxylic acids is 1. The lowest BCUT2D eigenvalue weighted by atomic mass is 10.2. The van der Waals surface area contributed by atoms with Crippen molar-refractivity contribution >= 4 is 17.3 Å². The minimum Gasteiger partial charge on any atom is -0.385 e. The summed E-state index contributed by atoms with van der Waals surface area (Å²) in [6.45, 7) is 1.25. The molecule has 25 heavy (non-hydrogen) atoms. The molecule has 0 fully saturated rings. The van der Waals surface area contributed by atoms with E-state index in [0.717, 1.165) is 18.6 Å². The third kappa shape index (κ3) is 5.75. The van der Waals surface area contributed by atoms with Gasteiger partial charge < -0.3 is 15.4 Å². The Hall–Kier alpha value is -2.61. The molecule has 1 heterocycles. The average Bonchev–Trinajstić information content (AvgIpc) is 2.58. The average molecular weight is 353 g/mol.